The van der Waals surface area contributed by atoms with E-state index in [0.29, 0.717) is 11.6 Å². The number of fused-ring (bicyclic) bond motifs is 1. The Morgan fingerprint density at radius 1 is 1.37 bits per heavy atom. The van der Waals surface area contributed by atoms with E-state index in [1.165, 1.54) is 0 Å². The average Bonchev–Trinajstić information content (AvgIpc) is 2.40. The Morgan fingerprint density at radius 2 is 2.26 bits per heavy atom. The van der Waals surface area contributed by atoms with Crippen molar-refractivity contribution in [2.45, 2.75) is 37.8 Å². The lowest BCUT2D eigenvalue weighted by Gasteiger charge is -2.27. The minimum atomic E-state index is -0.263. The third-order valence-corrected chi connectivity index (χ3v) is 3.58. The van der Waals surface area contributed by atoms with Gasteiger partial charge in [0.1, 0.15) is 11.3 Å². The van der Waals surface area contributed by atoms with Gasteiger partial charge in [0.25, 0.3) is 5.56 Å². The summed E-state index contributed by atoms with van der Waals surface area (Å²) in [6, 6.07) is 4.34. The summed E-state index contributed by atoms with van der Waals surface area (Å²) in [5.41, 5.74) is 6.12. The number of aromatic amines is 1. The molecule has 2 aromatic rings. The first-order chi connectivity index (χ1) is 9.22. The Bertz CT molecular complexity index is 638. The van der Waals surface area contributed by atoms with Crippen molar-refractivity contribution in [3.8, 4) is 0 Å². The molecule has 0 bridgehead atoms. The highest BCUT2D eigenvalue weighted by Crippen LogP contribution is 2.21. The van der Waals surface area contributed by atoms with Crippen LogP contribution in [0.5, 0.6) is 0 Å². The lowest BCUT2D eigenvalue weighted by Crippen LogP contribution is -2.35. The number of anilines is 1. The summed E-state index contributed by atoms with van der Waals surface area (Å²) in [6.07, 6.45) is 5.88. The zero-order valence-electron chi connectivity index (χ0n) is 10.6. The molecule has 4 N–H and O–H groups in total. The van der Waals surface area contributed by atoms with Gasteiger partial charge >= 0.3 is 0 Å². The van der Waals surface area contributed by atoms with E-state index in [1.54, 1.807) is 6.20 Å². The molecule has 6 heteroatoms. The van der Waals surface area contributed by atoms with Crippen LogP contribution in [0.3, 0.4) is 0 Å². The highest BCUT2D eigenvalue weighted by molar-refractivity contribution is 5.78. The van der Waals surface area contributed by atoms with Gasteiger partial charge in [-0.15, -0.1) is 0 Å². The molecule has 2 heterocycles. The number of nitrogens with one attached hydrogen (secondary N) is 2. The molecule has 100 valence electrons. The van der Waals surface area contributed by atoms with Crippen molar-refractivity contribution in [1.29, 1.82) is 0 Å². The van der Waals surface area contributed by atoms with E-state index in [-0.39, 0.29) is 11.6 Å². The maximum Gasteiger partial charge on any atom is 0.290 e. The second kappa shape index (κ2) is 4.97. The number of H-pyrrole nitrogens is 1. The molecule has 1 aliphatic rings. The van der Waals surface area contributed by atoms with Crippen molar-refractivity contribution in [2.75, 3.05) is 5.32 Å². The van der Waals surface area contributed by atoms with Crippen LogP contribution in [0, 0.1) is 0 Å². The molecule has 6 nitrogen and oxygen atoms in total. The SMILES string of the molecule is N[C@@H]1CCC[C@H](Nc2ccc3cn[nH]c(=O)c3n2)C1. The monoisotopic (exact) mass is 259 g/mol. The topological polar surface area (TPSA) is 96.7 Å². The van der Waals surface area contributed by atoms with E-state index in [2.05, 4.69) is 20.5 Å². The first-order valence-electron chi connectivity index (χ1n) is 6.59. The molecule has 0 amide bonds. The Hall–Kier alpha value is -1.95. The van der Waals surface area contributed by atoms with Crippen molar-refractivity contribution >= 4 is 16.7 Å². The zero-order valence-corrected chi connectivity index (χ0v) is 10.6. The molecule has 3 rings (SSSR count). The van der Waals surface area contributed by atoms with E-state index in [4.69, 9.17) is 5.73 Å². The minimum Gasteiger partial charge on any atom is -0.367 e. The maximum absolute atomic E-state index is 11.6. The number of aromatic nitrogens is 3. The Balaban J connectivity index is 1.85. The first-order valence-corrected chi connectivity index (χ1v) is 6.59. The van der Waals surface area contributed by atoms with Gasteiger partial charge in [0.05, 0.1) is 6.20 Å². The summed E-state index contributed by atoms with van der Waals surface area (Å²) >= 11 is 0. The standard InChI is InChI=1S/C13H17N5O/c14-9-2-1-3-10(6-9)16-11-5-4-8-7-15-18-13(19)12(8)17-11/h4-5,7,9-10H,1-3,6,14H2,(H,16,17)(H,18,19)/t9-,10+/m1/s1. The van der Waals surface area contributed by atoms with Crippen molar-refractivity contribution in [3.63, 3.8) is 0 Å². The summed E-state index contributed by atoms with van der Waals surface area (Å²) in [6.45, 7) is 0. The summed E-state index contributed by atoms with van der Waals surface area (Å²) in [5, 5.41) is 10.3. The lowest BCUT2D eigenvalue weighted by molar-refractivity contribution is 0.409. The minimum absolute atomic E-state index is 0.263. The number of nitrogens with two attached hydrogens (primary N) is 1. The summed E-state index contributed by atoms with van der Waals surface area (Å²) in [5.74, 6) is 0.725. The van der Waals surface area contributed by atoms with E-state index in [9.17, 15) is 4.79 Å². The Morgan fingerprint density at radius 3 is 3.11 bits per heavy atom. The second-order valence-electron chi connectivity index (χ2n) is 5.10. The van der Waals surface area contributed by atoms with Crippen LogP contribution in [0.4, 0.5) is 5.82 Å². The molecule has 2 aromatic heterocycles. The number of nitrogens with zero attached hydrogens (tertiary/aromatic N) is 2. The summed E-state index contributed by atoms with van der Waals surface area (Å²) in [4.78, 5) is 16.0. The molecule has 0 saturated heterocycles. The molecular formula is C13H17N5O. The maximum atomic E-state index is 11.6. The number of pyridine rings is 1. The van der Waals surface area contributed by atoms with E-state index in [1.807, 2.05) is 12.1 Å². The van der Waals surface area contributed by atoms with Crippen LogP contribution in [0.1, 0.15) is 25.7 Å². The van der Waals surface area contributed by atoms with Gasteiger partial charge < -0.3 is 11.1 Å². The number of hydrogen-bond acceptors (Lipinski definition) is 5. The highest BCUT2D eigenvalue weighted by Gasteiger charge is 2.19. The first kappa shape index (κ1) is 12.1. The molecule has 0 aromatic carbocycles. The highest BCUT2D eigenvalue weighted by atomic mass is 16.1. The van der Waals surface area contributed by atoms with Gasteiger partial charge in [-0.3, -0.25) is 4.79 Å². The van der Waals surface area contributed by atoms with Crippen molar-refractivity contribution in [2.24, 2.45) is 5.73 Å². The second-order valence-corrected chi connectivity index (χ2v) is 5.10. The molecule has 0 unspecified atom stereocenters. The Kier molecular flexibility index (Phi) is 3.16. The van der Waals surface area contributed by atoms with E-state index >= 15 is 0 Å². The van der Waals surface area contributed by atoms with Crippen molar-refractivity contribution < 1.29 is 0 Å². The van der Waals surface area contributed by atoms with Gasteiger partial charge in [0, 0.05) is 17.5 Å². The molecular weight excluding hydrogens is 242 g/mol. The van der Waals surface area contributed by atoms with E-state index in [0.717, 1.165) is 36.9 Å². The predicted molar refractivity (Wildman–Crippen MR) is 74.0 cm³/mol. The van der Waals surface area contributed by atoms with Gasteiger partial charge in [-0.05, 0) is 37.8 Å². The largest absolute Gasteiger partial charge is 0.367 e. The molecule has 1 saturated carbocycles. The number of rotatable bonds is 2. The fourth-order valence-electron chi connectivity index (χ4n) is 2.62. The fourth-order valence-corrected chi connectivity index (χ4v) is 2.62. The van der Waals surface area contributed by atoms with E-state index < -0.39 is 0 Å². The Labute approximate surface area is 110 Å². The van der Waals surface area contributed by atoms with Crippen LogP contribution in [0.2, 0.25) is 0 Å². The zero-order chi connectivity index (χ0) is 13.2. The molecule has 1 aliphatic carbocycles. The lowest BCUT2D eigenvalue weighted by atomic mass is 9.92. The van der Waals surface area contributed by atoms with Crippen LogP contribution in [0.25, 0.3) is 10.9 Å². The van der Waals surface area contributed by atoms with Crippen LogP contribution in [-0.2, 0) is 0 Å². The van der Waals surface area contributed by atoms with Crippen molar-refractivity contribution in [1.82, 2.24) is 15.2 Å². The fraction of sp³-hybridized carbons (Fsp3) is 0.462. The third-order valence-electron chi connectivity index (χ3n) is 3.58. The van der Waals surface area contributed by atoms with Crippen LogP contribution in [-0.4, -0.2) is 27.3 Å². The molecule has 19 heavy (non-hydrogen) atoms. The van der Waals surface area contributed by atoms with Gasteiger partial charge in [0.2, 0.25) is 0 Å². The normalized spacial score (nSPS) is 23.4. The van der Waals surface area contributed by atoms with Gasteiger partial charge in [-0.1, -0.05) is 0 Å². The van der Waals surface area contributed by atoms with Crippen LogP contribution in [0.15, 0.2) is 23.1 Å². The number of hydrogen-bond donors (Lipinski definition) is 3. The average molecular weight is 259 g/mol. The quantitative estimate of drug-likeness (QED) is 0.747. The molecule has 0 radical (unpaired) electrons. The molecule has 1 fully saturated rings. The summed E-state index contributed by atoms with van der Waals surface area (Å²) in [7, 11) is 0. The van der Waals surface area contributed by atoms with Crippen LogP contribution >= 0.6 is 0 Å². The molecule has 0 spiro atoms. The summed E-state index contributed by atoms with van der Waals surface area (Å²) < 4.78 is 0. The molecule has 2 atom stereocenters. The molecule has 0 aliphatic heterocycles. The third kappa shape index (κ3) is 2.58. The van der Waals surface area contributed by atoms with Crippen LogP contribution < -0.4 is 16.6 Å². The van der Waals surface area contributed by atoms with Gasteiger partial charge in [-0.25, -0.2) is 10.1 Å². The van der Waals surface area contributed by atoms with Gasteiger partial charge in [0.15, 0.2) is 0 Å². The predicted octanol–water partition coefficient (Wildman–Crippen LogP) is 1.000. The van der Waals surface area contributed by atoms with Gasteiger partial charge in [-0.2, -0.15) is 5.10 Å². The van der Waals surface area contributed by atoms with Crippen molar-refractivity contribution in [3.05, 3.63) is 28.7 Å². The smallest absolute Gasteiger partial charge is 0.290 e.